The fraction of sp³-hybridized carbons (Fsp3) is 0.333. The lowest BCUT2D eigenvalue weighted by Crippen LogP contribution is -2.12. The smallest absolute Gasteiger partial charge is 0.255 e. The summed E-state index contributed by atoms with van der Waals surface area (Å²) in [5, 5.41) is 2.67. The Balaban J connectivity index is 1.57. The molecule has 1 amide bonds. The third-order valence-corrected chi connectivity index (χ3v) is 5.45. The number of halogens is 2. The number of nitrogens with zero attached hydrogens (tertiary/aromatic N) is 1. The molecule has 0 radical (unpaired) electrons. The maximum Gasteiger partial charge on any atom is 0.255 e. The molecule has 7 heteroatoms. The van der Waals surface area contributed by atoms with Gasteiger partial charge in [-0.05, 0) is 49.1 Å². The summed E-state index contributed by atoms with van der Waals surface area (Å²) in [6.45, 7) is 0. The largest absolute Gasteiger partial charge is 0.322 e. The molecule has 1 aromatic heterocycles. The molecule has 2 N–H and O–H groups in total. The van der Waals surface area contributed by atoms with Crippen LogP contribution in [-0.4, -0.2) is 16.6 Å². The van der Waals surface area contributed by atoms with Crippen molar-refractivity contribution in [3.8, 4) is 0 Å². The first-order valence-corrected chi connectivity index (χ1v) is 9.58. The first-order valence-electron chi connectivity index (χ1n) is 8.22. The molecule has 0 saturated heterocycles. The highest BCUT2D eigenvalue weighted by Crippen LogP contribution is 2.28. The van der Waals surface area contributed by atoms with E-state index in [0.717, 1.165) is 11.7 Å². The van der Waals surface area contributed by atoms with Crippen LogP contribution in [0, 0.1) is 11.7 Å². The molecule has 25 heavy (non-hydrogen) atoms. The van der Waals surface area contributed by atoms with Crippen LogP contribution in [0.2, 0.25) is 5.02 Å². The minimum absolute atomic E-state index is 0.0294. The van der Waals surface area contributed by atoms with Crippen molar-refractivity contribution in [2.45, 2.75) is 25.7 Å². The van der Waals surface area contributed by atoms with Gasteiger partial charge in [0.2, 0.25) is 0 Å². The first kappa shape index (κ1) is 18.0. The number of nitrogens with one attached hydrogen (secondary N) is 2. The molecule has 0 aliphatic heterocycles. The van der Waals surface area contributed by atoms with Crippen LogP contribution in [0.1, 0.15) is 36.0 Å². The minimum Gasteiger partial charge on any atom is -0.322 e. The molecule has 1 fully saturated rings. The highest BCUT2D eigenvalue weighted by molar-refractivity contribution is 8.00. The Hall–Kier alpha value is -1.79. The molecular formula is C18H19ClFN3OS. The number of pyridine rings is 1. The second-order valence-corrected chi connectivity index (χ2v) is 7.31. The summed E-state index contributed by atoms with van der Waals surface area (Å²) in [7, 11) is 0. The molecular weight excluding hydrogens is 361 g/mol. The molecule has 132 valence electrons. The maximum atomic E-state index is 13.2. The summed E-state index contributed by atoms with van der Waals surface area (Å²) < 4.78 is 16.4. The van der Waals surface area contributed by atoms with E-state index in [1.165, 1.54) is 43.9 Å². The number of carbonyl (C=O) groups excluding carboxylic acids is 1. The molecule has 0 atom stereocenters. The van der Waals surface area contributed by atoms with Gasteiger partial charge in [-0.2, -0.15) is 0 Å². The Bertz CT molecular complexity index is 753. The van der Waals surface area contributed by atoms with Crippen LogP contribution in [0.3, 0.4) is 0 Å². The number of amides is 1. The van der Waals surface area contributed by atoms with E-state index in [4.69, 9.17) is 11.6 Å². The predicted molar refractivity (Wildman–Crippen MR) is 102 cm³/mol. The Labute approximate surface area is 155 Å². The lowest BCUT2D eigenvalue weighted by atomic mass is 10.1. The molecule has 3 rings (SSSR count). The Morgan fingerprint density at radius 3 is 2.84 bits per heavy atom. The fourth-order valence-electron chi connectivity index (χ4n) is 2.82. The van der Waals surface area contributed by atoms with E-state index in [9.17, 15) is 9.18 Å². The molecule has 1 heterocycles. The molecule has 1 aliphatic carbocycles. The van der Waals surface area contributed by atoms with E-state index < -0.39 is 5.82 Å². The molecule has 2 aromatic rings. The second kappa shape index (κ2) is 8.54. The maximum absolute atomic E-state index is 13.2. The van der Waals surface area contributed by atoms with Crippen LogP contribution in [0.5, 0.6) is 0 Å². The van der Waals surface area contributed by atoms with E-state index in [0.29, 0.717) is 17.1 Å². The van der Waals surface area contributed by atoms with Gasteiger partial charge in [0, 0.05) is 23.2 Å². The van der Waals surface area contributed by atoms with Gasteiger partial charge in [0.05, 0.1) is 5.02 Å². The Morgan fingerprint density at radius 1 is 1.28 bits per heavy atom. The van der Waals surface area contributed by atoms with Crippen molar-refractivity contribution in [3.63, 3.8) is 0 Å². The van der Waals surface area contributed by atoms with Crippen LogP contribution in [-0.2, 0) is 0 Å². The normalized spacial score (nSPS) is 14.5. The number of rotatable bonds is 6. The molecule has 0 bridgehead atoms. The van der Waals surface area contributed by atoms with Crippen LogP contribution in [0.15, 0.2) is 36.5 Å². The van der Waals surface area contributed by atoms with Gasteiger partial charge in [-0.3, -0.25) is 4.79 Å². The van der Waals surface area contributed by atoms with Crippen molar-refractivity contribution in [2.75, 3.05) is 15.8 Å². The zero-order valence-corrected chi connectivity index (χ0v) is 15.2. The number of benzene rings is 1. The van der Waals surface area contributed by atoms with Crippen molar-refractivity contribution in [3.05, 3.63) is 52.9 Å². The van der Waals surface area contributed by atoms with Gasteiger partial charge in [0.1, 0.15) is 11.6 Å². The van der Waals surface area contributed by atoms with Gasteiger partial charge >= 0.3 is 0 Å². The standard InChI is InChI=1S/C18H19ClFN3OS/c19-15-10-14(5-6-16(15)20)22-18(24)13-7-8-21-17(9-13)23-25-11-12-3-1-2-4-12/h5-10,12H,1-4,11H2,(H,21,23)(H,22,24). The van der Waals surface area contributed by atoms with Crippen molar-refractivity contribution < 1.29 is 9.18 Å². The Kier molecular flexibility index (Phi) is 6.15. The number of hydrogen-bond donors (Lipinski definition) is 2. The molecule has 1 saturated carbocycles. The van der Waals surface area contributed by atoms with Gasteiger partial charge in [0.25, 0.3) is 5.91 Å². The van der Waals surface area contributed by atoms with Crippen molar-refractivity contribution in [1.29, 1.82) is 0 Å². The number of anilines is 2. The number of aromatic nitrogens is 1. The number of carbonyl (C=O) groups is 1. The van der Waals surface area contributed by atoms with E-state index in [1.807, 2.05) is 0 Å². The van der Waals surface area contributed by atoms with Crippen LogP contribution in [0.4, 0.5) is 15.9 Å². The minimum atomic E-state index is -0.519. The monoisotopic (exact) mass is 379 g/mol. The van der Waals surface area contributed by atoms with Gasteiger partial charge in [-0.1, -0.05) is 36.4 Å². The summed E-state index contributed by atoms with van der Waals surface area (Å²) in [6.07, 6.45) is 6.83. The van der Waals surface area contributed by atoms with Crippen LogP contribution < -0.4 is 10.0 Å². The topological polar surface area (TPSA) is 54.0 Å². The zero-order valence-electron chi connectivity index (χ0n) is 13.6. The molecule has 1 aromatic carbocycles. The highest BCUT2D eigenvalue weighted by atomic mass is 35.5. The second-order valence-electron chi connectivity index (χ2n) is 6.08. The van der Waals surface area contributed by atoms with E-state index in [1.54, 1.807) is 30.3 Å². The summed E-state index contributed by atoms with van der Waals surface area (Å²) in [4.78, 5) is 16.6. The average Bonchev–Trinajstić information content (AvgIpc) is 3.12. The summed E-state index contributed by atoms with van der Waals surface area (Å²) >= 11 is 7.36. The lowest BCUT2D eigenvalue weighted by molar-refractivity contribution is 0.102. The molecule has 0 spiro atoms. The quantitative estimate of drug-likeness (QED) is 0.662. The summed E-state index contributed by atoms with van der Waals surface area (Å²) in [6, 6.07) is 7.40. The average molecular weight is 380 g/mol. The van der Waals surface area contributed by atoms with Gasteiger partial charge in [-0.25, -0.2) is 9.37 Å². The zero-order chi connectivity index (χ0) is 17.6. The SMILES string of the molecule is O=C(Nc1ccc(F)c(Cl)c1)c1ccnc(NSCC2CCCC2)c1. The predicted octanol–water partition coefficient (Wildman–Crippen LogP) is 5.38. The third kappa shape index (κ3) is 5.09. The van der Waals surface area contributed by atoms with Crippen LogP contribution >= 0.6 is 23.5 Å². The molecule has 4 nitrogen and oxygen atoms in total. The summed E-state index contributed by atoms with van der Waals surface area (Å²) in [5.41, 5.74) is 0.915. The third-order valence-electron chi connectivity index (χ3n) is 4.17. The first-order chi connectivity index (χ1) is 12.1. The van der Waals surface area contributed by atoms with Gasteiger partial charge < -0.3 is 10.0 Å². The van der Waals surface area contributed by atoms with E-state index >= 15 is 0 Å². The van der Waals surface area contributed by atoms with E-state index in [2.05, 4.69) is 15.0 Å². The van der Waals surface area contributed by atoms with Gasteiger partial charge in [0.15, 0.2) is 0 Å². The van der Waals surface area contributed by atoms with Crippen molar-refractivity contribution in [1.82, 2.24) is 4.98 Å². The van der Waals surface area contributed by atoms with E-state index in [-0.39, 0.29) is 10.9 Å². The highest BCUT2D eigenvalue weighted by Gasteiger charge is 2.15. The molecule has 1 aliphatic rings. The fourth-order valence-corrected chi connectivity index (χ4v) is 3.91. The molecule has 0 unspecified atom stereocenters. The number of hydrogen-bond acceptors (Lipinski definition) is 4. The van der Waals surface area contributed by atoms with Gasteiger partial charge in [-0.15, -0.1) is 0 Å². The lowest BCUT2D eigenvalue weighted by Gasteiger charge is -2.10. The summed E-state index contributed by atoms with van der Waals surface area (Å²) in [5.74, 6) is 1.65. The Morgan fingerprint density at radius 2 is 2.08 bits per heavy atom. The van der Waals surface area contributed by atoms with Crippen molar-refractivity contribution in [2.24, 2.45) is 5.92 Å². The van der Waals surface area contributed by atoms with Crippen molar-refractivity contribution >= 4 is 41.0 Å². The van der Waals surface area contributed by atoms with Crippen LogP contribution in [0.25, 0.3) is 0 Å².